The molecular weight excluding hydrogens is 697 g/mol. The summed E-state index contributed by atoms with van der Waals surface area (Å²) in [6, 6.07) is 0. The number of ether oxygens (including phenoxy) is 3. The van der Waals surface area contributed by atoms with Gasteiger partial charge in [-0.3, -0.25) is 14.4 Å². The zero-order chi connectivity index (χ0) is 40.8. The average Bonchev–Trinajstić information content (AvgIpc) is 3.19. The molecule has 0 heterocycles. The second kappa shape index (κ2) is 45.1. The van der Waals surface area contributed by atoms with Crippen molar-refractivity contribution in [1.82, 2.24) is 0 Å². The smallest absolute Gasteiger partial charge is 0.306 e. The third-order valence-corrected chi connectivity index (χ3v) is 10.1. The van der Waals surface area contributed by atoms with Gasteiger partial charge in [-0.25, -0.2) is 0 Å². The molecule has 0 amide bonds. The van der Waals surface area contributed by atoms with Crippen molar-refractivity contribution in [1.29, 1.82) is 0 Å². The van der Waals surface area contributed by atoms with Crippen LogP contribution in [0.1, 0.15) is 233 Å². The van der Waals surface area contributed by atoms with Crippen LogP contribution in [-0.2, 0) is 28.6 Å². The zero-order valence-electron chi connectivity index (χ0n) is 36.9. The maximum Gasteiger partial charge on any atom is 0.306 e. The molecule has 0 saturated heterocycles. The topological polar surface area (TPSA) is 78.9 Å². The van der Waals surface area contributed by atoms with Crippen molar-refractivity contribution in [3.05, 3.63) is 48.6 Å². The highest BCUT2D eigenvalue weighted by Gasteiger charge is 2.19. The Morgan fingerprint density at radius 3 is 1.09 bits per heavy atom. The largest absolute Gasteiger partial charge is 0.462 e. The number of hydrogen-bond acceptors (Lipinski definition) is 6. The monoisotopic (exact) mass is 785 g/mol. The van der Waals surface area contributed by atoms with Crippen LogP contribution in [0.4, 0.5) is 0 Å². The van der Waals surface area contributed by atoms with Gasteiger partial charge in [-0.2, -0.15) is 0 Å². The molecule has 0 saturated carbocycles. The molecule has 6 nitrogen and oxygen atoms in total. The van der Waals surface area contributed by atoms with E-state index in [1.807, 2.05) is 0 Å². The minimum atomic E-state index is -0.790. The Balaban J connectivity index is 4.39. The van der Waals surface area contributed by atoms with Gasteiger partial charge in [0.1, 0.15) is 13.2 Å². The maximum absolute atomic E-state index is 12.7. The van der Waals surface area contributed by atoms with E-state index < -0.39 is 6.10 Å². The molecule has 0 N–H and O–H groups in total. The van der Waals surface area contributed by atoms with Crippen LogP contribution in [0.15, 0.2) is 48.6 Å². The molecule has 1 atom stereocenters. The minimum Gasteiger partial charge on any atom is -0.462 e. The quantitative estimate of drug-likeness (QED) is 0.0202. The van der Waals surface area contributed by atoms with Gasteiger partial charge in [0, 0.05) is 19.3 Å². The lowest BCUT2D eigenvalue weighted by Gasteiger charge is -2.18. The summed E-state index contributed by atoms with van der Waals surface area (Å²) in [6.45, 7) is 6.50. The summed E-state index contributed by atoms with van der Waals surface area (Å²) in [5.74, 6) is -0.937. The number of unbranched alkanes of at least 4 members (excludes halogenated alkanes) is 24. The molecule has 324 valence electrons. The van der Waals surface area contributed by atoms with Crippen LogP contribution in [-0.4, -0.2) is 37.2 Å². The SMILES string of the molecule is CCCC/C=C\C=C/CCCCCC(=O)OC(COC(=O)CCCCCCC/C=C\CCCC)COC(=O)CCCCCCC/C=C\CCCCCCCCC. The molecule has 0 aromatic carbocycles. The van der Waals surface area contributed by atoms with Gasteiger partial charge in [0.25, 0.3) is 0 Å². The fourth-order valence-electron chi connectivity index (χ4n) is 6.39. The predicted molar refractivity (Wildman–Crippen MR) is 238 cm³/mol. The van der Waals surface area contributed by atoms with Crippen LogP contribution in [0.2, 0.25) is 0 Å². The van der Waals surface area contributed by atoms with E-state index in [0.29, 0.717) is 19.3 Å². The fourth-order valence-corrected chi connectivity index (χ4v) is 6.39. The minimum absolute atomic E-state index is 0.0908. The predicted octanol–water partition coefficient (Wildman–Crippen LogP) is 15.1. The number of hydrogen-bond donors (Lipinski definition) is 0. The molecular formula is C50H88O6. The fraction of sp³-hybridized carbons (Fsp3) is 0.780. The number of allylic oxidation sites excluding steroid dienone is 8. The van der Waals surface area contributed by atoms with Gasteiger partial charge in [0.15, 0.2) is 6.10 Å². The molecule has 0 fully saturated rings. The normalized spacial score (nSPS) is 12.4. The molecule has 0 aliphatic carbocycles. The van der Waals surface area contributed by atoms with Gasteiger partial charge in [-0.15, -0.1) is 0 Å². The van der Waals surface area contributed by atoms with Crippen LogP contribution in [0.5, 0.6) is 0 Å². The van der Waals surface area contributed by atoms with Crippen molar-refractivity contribution in [2.75, 3.05) is 13.2 Å². The van der Waals surface area contributed by atoms with Gasteiger partial charge in [-0.1, -0.05) is 179 Å². The first-order chi connectivity index (χ1) is 27.5. The summed E-state index contributed by atoms with van der Waals surface area (Å²) in [7, 11) is 0. The average molecular weight is 785 g/mol. The van der Waals surface area contributed by atoms with Crippen molar-refractivity contribution in [3.63, 3.8) is 0 Å². The van der Waals surface area contributed by atoms with E-state index >= 15 is 0 Å². The molecule has 0 aliphatic heterocycles. The van der Waals surface area contributed by atoms with Crippen molar-refractivity contribution >= 4 is 17.9 Å². The third kappa shape index (κ3) is 42.5. The van der Waals surface area contributed by atoms with E-state index in [1.54, 1.807) is 0 Å². The molecule has 0 aliphatic rings. The third-order valence-electron chi connectivity index (χ3n) is 10.1. The van der Waals surface area contributed by atoms with E-state index in [4.69, 9.17) is 14.2 Å². The number of esters is 3. The van der Waals surface area contributed by atoms with Gasteiger partial charge < -0.3 is 14.2 Å². The summed E-state index contributed by atoms with van der Waals surface area (Å²) < 4.78 is 16.7. The van der Waals surface area contributed by atoms with E-state index in [0.717, 1.165) is 83.5 Å². The van der Waals surface area contributed by atoms with Gasteiger partial charge in [0.2, 0.25) is 0 Å². The van der Waals surface area contributed by atoms with Crippen LogP contribution in [0.25, 0.3) is 0 Å². The van der Waals surface area contributed by atoms with Crippen molar-refractivity contribution in [2.45, 2.75) is 239 Å². The Kier molecular flexibility index (Phi) is 43.0. The molecule has 0 aromatic rings. The van der Waals surface area contributed by atoms with Gasteiger partial charge in [-0.05, 0) is 83.5 Å². The lowest BCUT2D eigenvalue weighted by Crippen LogP contribution is -2.30. The lowest BCUT2D eigenvalue weighted by molar-refractivity contribution is -0.167. The highest BCUT2D eigenvalue weighted by Crippen LogP contribution is 2.13. The van der Waals surface area contributed by atoms with Crippen LogP contribution in [0, 0.1) is 0 Å². The summed E-state index contributed by atoms with van der Waals surface area (Å²) in [5.41, 5.74) is 0. The Hall–Kier alpha value is -2.63. The zero-order valence-corrected chi connectivity index (χ0v) is 36.9. The highest BCUT2D eigenvalue weighted by molar-refractivity contribution is 5.71. The van der Waals surface area contributed by atoms with E-state index in [1.165, 1.54) is 109 Å². The number of carbonyl (C=O) groups excluding carboxylic acids is 3. The summed E-state index contributed by atoms with van der Waals surface area (Å²) in [6.07, 6.45) is 52.4. The molecule has 0 bridgehead atoms. The second-order valence-electron chi connectivity index (χ2n) is 15.7. The molecule has 6 heteroatoms. The number of rotatable bonds is 42. The van der Waals surface area contributed by atoms with Crippen LogP contribution < -0.4 is 0 Å². The Bertz CT molecular complexity index is 996. The molecule has 56 heavy (non-hydrogen) atoms. The summed E-state index contributed by atoms with van der Waals surface area (Å²) in [4.78, 5) is 37.7. The lowest BCUT2D eigenvalue weighted by atomic mass is 10.1. The summed E-state index contributed by atoms with van der Waals surface area (Å²) in [5, 5.41) is 0. The highest BCUT2D eigenvalue weighted by atomic mass is 16.6. The maximum atomic E-state index is 12.7. The van der Waals surface area contributed by atoms with Crippen molar-refractivity contribution in [2.24, 2.45) is 0 Å². The number of carbonyl (C=O) groups is 3. The van der Waals surface area contributed by atoms with Gasteiger partial charge >= 0.3 is 17.9 Å². The summed E-state index contributed by atoms with van der Waals surface area (Å²) >= 11 is 0. The van der Waals surface area contributed by atoms with Crippen molar-refractivity contribution in [3.8, 4) is 0 Å². The first-order valence-electron chi connectivity index (χ1n) is 23.7. The molecule has 0 rings (SSSR count). The Morgan fingerprint density at radius 1 is 0.357 bits per heavy atom. The first-order valence-corrected chi connectivity index (χ1v) is 23.7. The van der Waals surface area contributed by atoms with Crippen molar-refractivity contribution < 1.29 is 28.6 Å². The molecule has 0 radical (unpaired) electrons. The Morgan fingerprint density at radius 2 is 0.661 bits per heavy atom. The molecule has 1 unspecified atom stereocenters. The van der Waals surface area contributed by atoms with Crippen LogP contribution >= 0.6 is 0 Å². The molecule has 0 spiro atoms. The molecule has 0 aromatic heterocycles. The van der Waals surface area contributed by atoms with Crippen LogP contribution in [0.3, 0.4) is 0 Å². The van der Waals surface area contributed by atoms with E-state index in [9.17, 15) is 14.4 Å². The van der Waals surface area contributed by atoms with E-state index in [2.05, 4.69) is 69.4 Å². The standard InChI is InChI=1S/C50H88O6/c1-4-7-10-13-16-19-22-23-24-25-26-29-31-34-37-40-43-49(52)55-46-47(56-50(53)44-41-38-35-32-28-21-18-15-12-9-6-3)45-54-48(51)42-39-36-33-30-27-20-17-14-11-8-5-2/h14-15,17-18,21,24-25,28,47H,4-13,16,19-20,22-23,26-27,29-46H2,1-3H3/b17-14-,18-15-,25-24-,28-21-. The Labute approximate surface area is 346 Å². The van der Waals surface area contributed by atoms with E-state index in [-0.39, 0.29) is 31.1 Å². The van der Waals surface area contributed by atoms with Gasteiger partial charge in [0.05, 0.1) is 0 Å². The first kappa shape index (κ1) is 53.4. The second-order valence-corrected chi connectivity index (χ2v) is 15.7.